The number of pyridine rings is 1. The van der Waals surface area contributed by atoms with E-state index in [1.807, 2.05) is 19.1 Å². The van der Waals surface area contributed by atoms with Gasteiger partial charge in [0, 0.05) is 6.42 Å². The summed E-state index contributed by atoms with van der Waals surface area (Å²) in [5.41, 5.74) is 0.701. The van der Waals surface area contributed by atoms with Gasteiger partial charge in [-0.05, 0) is 24.6 Å². The molecule has 0 radical (unpaired) electrons. The molecule has 0 saturated heterocycles. The molecule has 6 heteroatoms. The molecule has 21 heavy (non-hydrogen) atoms. The summed E-state index contributed by atoms with van der Waals surface area (Å²) in [6.45, 7) is 1.92. The average molecular weight is 314 g/mol. The summed E-state index contributed by atoms with van der Waals surface area (Å²) >= 11 is 5.69. The van der Waals surface area contributed by atoms with Gasteiger partial charge in [0.2, 0.25) is 0 Å². The van der Waals surface area contributed by atoms with E-state index in [0.29, 0.717) is 0 Å². The van der Waals surface area contributed by atoms with Gasteiger partial charge in [0.25, 0.3) is 0 Å². The van der Waals surface area contributed by atoms with Crippen molar-refractivity contribution in [2.75, 3.05) is 0 Å². The Balaban J connectivity index is 2.22. The van der Waals surface area contributed by atoms with Crippen molar-refractivity contribution in [3.63, 3.8) is 0 Å². The Labute approximate surface area is 124 Å². The summed E-state index contributed by atoms with van der Waals surface area (Å²) in [5, 5.41) is -0.429. The number of hydrogen-bond donors (Lipinski definition) is 0. The molecule has 0 spiro atoms. The first-order chi connectivity index (χ1) is 9.77. The first-order valence-corrected chi connectivity index (χ1v) is 6.47. The molecule has 0 atom stereocenters. The fourth-order valence-corrected chi connectivity index (χ4v) is 2.05. The zero-order chi connectivity index (χ0) is 15.6. The van der Waals surface area contributed by atoms with Gasteiger partial charge in [-0.15, -0.1) is 0 Å². The van der Waals surface area contributed by atoms with Crippen LogP contribution >= 0.6 is 11.6 Å². The van der Waals surface area contributed by atoms with Gasteiger partial charge in [0.15, 0.2) is 5.78 Å². The maximum absolute atomic E-state index is 12.5. The second-order valence-electron chi connectivity index (χ2n) is 4.62. The summed E-state index contributed by atoms with van der Waals surface area (Å²) < 4.78 is 37.4. The van der Waals surface area contributed by atoms with E-state index in [-0.39, 0.29) is 17.8 Å². The number of carbonyl (C=O) groups is 1. The number of nitrogens with zero attached hydrogens (tertiary/aromatic N) is 1. The number of carbonyl (C=O) groups excluding carboxylic acids is 1. The molecule has 1 aromatic heterocycles. The van der Waals surface area contributed by atoms with Crippen LogP contribution in [0.5, 0.6) is 0 Å². The van der Waals surface area contributed by atoms with E-state index in [1.54, 1.807) is 12.1 Å². The Morgan fingerprint density at radius 3 is 2.29 bits per heavy atom. The minimum Gasteiger partial charge on any atom is -0.294 e. The number of Topliss-reactive ketones (excluding diaryl/α,β-unsaturated/α-hetero) is 1. The van der Waals surface area contributed by atoms with E-state index < -0.39 is 17.0 Å². The molecule has 2 aromatic rings. The monoisotopic (exact) mass is 313 g/mol. The first-order valence-electron chi connectivity index (χ1n) is 6.10. The fraction of sp³-hybridized carbons (Fsp3) is 0.200. The molecule has 0 saturated carbocycles. The van der Waals surface area contributed by atoms with Crippen LogP contribution in [0.25, 0.3) is 0 Å². The third kappa shape index (κ3) is 3.82. The number of benzene rings is 1. The van der Waals surface area contributed by atoms with Crippen molar-refractivity contribution in [3.8, 4) is 0 Å². The molecule has 110 valence electrons. The molecule has 2 nitrogen and oxygen atoms in total. The molecule has 1 aromatic carbocycles. The second kappa shape index (κ2) is 5.85. The first kappa shape index (κ1) is 15.5. The van der Waals surface area contributed by atoms with E-state index in [0.717, 1.165) is 23.3 Å². The Morgan fingerprint density at radius 1 is 1.14 bits per heavy atom. The van der Waals surface area contributed by atoms with Crippen LogP contribution in [0.2, 0.25) is 5.15 Å². The standard InChI is InChI=1S/C15H11ClF3NO/c1-9-2-4-10(5-3-9)8-12(21)11-6-7-13(15(17,18)19)20-14(11)16/h2-7H,8H2,1H3. The minimum atomic E-state index is -4.58. The van der Waals surface area contributed by atoms with Gasteiger partial charge in [-0.1, -0.05) is 41.4 Å². The SMILES string of the molecule is Cc1ccc(CC(=O)c2ccc(C(F)(F)F)nc2Cl)cc1. The molecule has 0 unspecified atom stereocenters. The topological polar surface area (TPSA) is 30.0 Å². The highest BCUT2D eigenvalue weighted by Crippen LogP contribution is 2.29. The molecular formula is C15H11ClF3NO. The van der Waals surface area contributed by atoms with E-state index >= 15 is 0 Å². The number of hydrogen-bond acceptors (Lipinski definition) is 2. The summed E-state index contributed by atoms with van der Waals surface area (Å²) in [7, 11) is 0. The molecule has 0 fully saturated rings. The van der Waals surface area contributed by atoms with Crippen LogP contribution in [-0.4, -0.2) is 10.8 Å². The predicted molar refractivity (Wildman–Crippen MR) is 73.5 cm³/mol. The van der Waals surface area contributed by atoms with Gasteiger partial charge in [-0.25, -0.2) is 4.98 Å². The van der Waals surface area contributed by atoms with Crippen LogP contribution in [0.3, 0.4) is 0 Å². The zero-order valence-corrected chi connectivity index (χ0v) is 11.8. The molecule has 0 aliphatic carbocycles. The number of halogens is 4. The number of aromatic nitrogens is 1. The maximum Gasteiger partial charge on any atom is 0.433 e. The number of aryl methyl sites for hydroxylation is 1. The lowest BCUT2D eigenvalue weighted by Crippen LogP contribution is -2.11. The van der Waals surface area contributed by atoms with Crippen LogP contribution in [0.15, 0.2) is 36.4 Å². The van der Waals surface area contributed by atoms with Crippen LogP contribution in [0, 0.1) is 6.92 Å². The van der Waals surface area contributed by atoms with Gasteiger partial charge in [-0.3, -0.25) is 4.79 Å². The van der Waals surface area contributed by atoms with Crippen LogP contribution < -0.4 is 0 Å². The third-order valence-corrected chi connectivity index (χ3v) is 3.21. The summed E-state index contributed by atoms with van der Waals surface area (Å²) in [5.74, 6) is -0.370. The van der Waals surface area contributed by atoms with Gasteiger partial charge in [-0.2, -0.15) is 13.2 Å². The lowest BCUT2D eigenvalue weighted by Gasteiger charge is -2.08. The van der Waals surface area contributed by atoms with Crippen molar-refractivity contribution in [1.29, 1.82) is 0 Å². The highest BCUT2D eigenvalue weighted by molar-refractivity contribution is 6.32. The normalized spacial score (nSPS) is 11.5. The Hall–Kier alpha value is -1.88. The Bertz CT molecular complexity index is 666. The van der Waals surface area contributed by atoms with Gasteiger partial charge < -0.3 is 0 Å². The van der Waals surface area contributed by atoms with Crippen molar-refractivity contribution in [2.24, 2.45) is 0 Å². The molecule has 1 heterocycles. The largest absolute Gasteiger partial charge is 0.433 e. The van der Waals surface area contributed by atoms with Gasteiger partial charge >= 0.3 is 6.18 Å². The summed E-state index contributed by atoms with van der Waals surface area (Å²) in [6, 6.07) is 9.12. The zero-order valence-electron chi connectivity index (χ0n) is 11.0. The third-order valence-electron chi connectivity index (χ3n) is 2.92. The molecule has 0 amide bonds. The van der Waals surface area contributed by atoms with Gasteiger partial charge in [0.1, 0.15) is 10.8 Å². The summed E-state index contributed by atoms with van der Waals surface area (Å²) in [6.07, 6.45) is -4.52. The Morgan fingerprint density at radius 2 is 1.76 bits per heavy atom. The minimum absolute atomic E-state index is 0.00904. The van der Waals surface area contributed by atoms with Crippen molar-refractivity contribution in [1.82, 2.24) is 4.98 Å². The van der Waals surface area contributed by atoms with Crippen LogP contribution in [-0.2, 0) is 12.6 Å². The lowest BCUT2D eigenvalue weighted by molar-refractivity contribution is -0.141. The molecule has 2 rings (SSSR count). The average Bonchev–Trinajstić information content (AvgIpc) is 2.40. The molecule has 0 N–H and O–H groups in total. The predicted octanol–water partition coefficient (Wildman–Crippen LogP) is 4.49. The van der Waals surface area contributed by atoms with E-state index in [1.165, 1.54) is 0 Å². The van der Waals surface area contributed by atoms with Crippen LogP contribution in [0.1, 0.15) is 27.2 Å². The van der Waals surface area contributed by atoms with E-state index in [2.05, 4.69) is 4.98 Å². The lowest BCUT2D eigenvalue weighted by atomic mass is 10.0. The van der Waals surface area contributed by atoms with Crippen LogP contribution in [0.4, 0.5) is 13.2 Å². The van der Waals surface area contributed by atoms with Crippen molar-refractivity contribution in [3.05, 3.63) is 63.9 Å². The number of ketones is 1. The fourth-order valence-electron chi connectivity index (χ4n) is 1.79. The maximum atomic E-state index is 12.5. The number of rotatable bonds is 3. The highest BCUT2D eigenvalue weighted by Gasteiger charge is 2.33. The smallest absolute Gasteiger partial charge is 0.294 e. The number of alkyl halides is 3. The molecular weight excluding hydrogens is 303 g/mol. The highest BCUT2D eigenvalue weighted by atomic mass is 35.5. The van der Waals surface area contributed by atoms with Gasteiger partial charge in [0.05, 0.1) is 5.56 Å². The van der Waals surface area contributed by atoms with E-state index in [9.17, 15) is 18.0 Å². The summed E-state index contributed by atoms with van der Waals surface area (Å²) in [4.78, 5) is 15.3. The molecule has 0 bridgehead atoms. The quantitative estimate of drug-likeness (QED) is 0.617. The molecule has 0 aliphatic rings. The van der Waals surface area contributed by atoms with Crippen molar-refractivity contribution >= 4 is 17.4 Å². The van der Waals surface area contributed by atoms with E-state index in [4.69, 9.17) is 11.6 Å². The molecule has 0 aliphatic heterocycles. The Kier molecular flexibility index (Phi) is 4.32. The van der Waals surface area contributed by atoms with Crippen molar-refractivity contribution in [2.45, 2.75) is 19.5 Å². The van der Waals surface area contributed by atoms with Crippen molar-refractivity contribution < 1.29 is 18.0 Å². The second-order valence-corrected chi connectivity index (χ2v) is 4.98.